The van der Waals surface area contributed by atoms with E-state index < -0.39 is 29.3 Å². The number of methoxy groups -OCH3 is 2. The summed E-state index contributed by atoms with van der Waals surface area (Å²) in [6.07, 6.45) is 3.40. The lowest BCUT2D eigenvalue weighted by molar-refractivity contribution is -0.119. The highest BCUT2D eigenvalue weighted by molar-refractivity contribution is 6.15. The van der Waals surface area contributed by atoms with Crippen molar-refractivity contribution in [3.05, 3.63) is 129 Å². The van der Waals surface area contributed by atoms with Gasteiger partial charge in [-0.15, -0.1) is 11.6 Å². The lowest BCUT2D eigenvalue weighted by atomic mass is 9.80. The number of nitrogens with one attached hydrogen (secondary N) is 4. The third-order valence-corrected chi connectivity index (χ3v) is 12.1. The summed E-state index contributed by atoms with van der Waals surface area (Å²) in [5.74, 6) is 0.647. The molecule has 384 valence electrons. The molecule has 0 bridgehead atoms. The summed E-state index contributed by atoms with van der Waals surface area (Å²) in [4.78, 5) is 71.1. The number of aliphatic hydroxyl groups is 1. The Balaban J connectivity index is 0.000000266. The molecule has 0 radical (unpaired) electrons. The number of hydrogen-bond acceptors (Lipinski definition) is 14. The zero-order valence-corrected chi connectivity index (χ0v) is 40.9. The third-order valence-electron chi connectivity index (χ3n) is 12.1. The molecule has 20 nitrogen and oxygen atoms in total. The predicted molar refractivity (Wildman–Crippen MR) is 273 cm³/mol. The van der Waals surface area contributed by atoms with Crippen LogP contribution in [-0.2, 0) is 29.4 Å². The number of aromatic amines is 2. The fourth-order valence-corrected chi connectivity index (χ4v) is 8.25. The van der Waals surface area contributed by atoms with E-state index in [0.717, 1.165) is 34.6 Å². The third kappa shape index (κ3) is 11.9. The fraction of sp³-hybridized carbons (Fsp3) is 0.412. The number of fused-ring (bicyclic) bond motifs is 2. The molecule has 1 unspecified atom stereocenters. The molecule has 72 heavy (non-hydrogen) atoms. The number of aliphatic hydroxyl groups excluding tert-OH is 1. The first kappa shape index (κ1) is 51.4. The van der Waals surface area contributed by atoms with Gasteiger partial charge in [-0.2, -0.15) is 9.97 Å². The minimum Gasteiger partial charge on any atom is -0.497 e. The summed E-state index contributed by atoms with van der Waals surface area (Å²) in [5.41, 5.74) is 2.02. The minimum absolute atomic E-state index is 0. The number of benzene rings is 3. The number of carbonyl (C=O) groups excluding carboxylic acids is 2. The number of ether oxygens (including phenoxy) is 5. The number of aromatic nitrogens is 8. The van der Waals surface area contributed by atoms with Crippen LogP contribution in [0, 0.1) is 11.8 Å². The summed E-state index contributed by atoms with van der Waals surface area (Å²) in [7, 11) is 3.29. The average Bonchev–Trinajstić information content (AvgIpc) is 4.22. The number of halogens is 1. The van der Waals surface area contributed by atoms with Crippen LogP contribution in [0.15, 0.2) is 101 Å². The number of anilines is 2. The first-order valence-electron chi connectivity index (χ1n) is 24.1. The second kappa shape index (κ2) is 24.4. The lowest BCUT2D eigenvalue weighted by Crippen LogP contribution is -2.35. The normalized spacial score (nSPS) is 18.2. The Morgan fingerprint density at radius 1 is 0.764 bits per heavy atom. The number of rotatable bonds is 15. The highest BCUT2D eigenvalue weighted by Gasteiger charge is 2.40. The fourth-order valence-electron chi connectivity index (χ4n) is 8.25. The van der Waals surface area contributed by atoms with Gasteiger partial charge in [-0.1, -0.05) is 89.7 Å². The second-order valence-corrected chi connectivity index (χ2v) is 17.3. The van der Waals surface area contributed by atoms with Gasteiger partial charge in [-0.25, -0.2) is 9.97 Å². The standard InChI is InChI=1S/C35H37N5O6.C14H19N5O4.CH3Cl.CH4/c1-22(2)32(41)38-34-37-31-30(33(42)39-34)36-21-40(31)29-19-18-28(46-29)20-45-35(23-8-6-5-7-9-23,24-10-14-26(43-3)15-11-24)25-12-16-27(44-4)17-13-25;1-7(2)12(21)17-14-16-11-10(13(22)18-14)15-6-19(11)9-4-3-8(5-20)23-9;1-2;/h5-17,21-22,28-29H,18-20H2,1-4H3,(H2,37,38,39,41,42);6-9,20H,3-5H2,1-2H3,(H2,16,17,18,21,22);1H3;1H4/t28-,29+;8-,9+;;/m00../s1/i;;1TD;. The van der Waals surface area contributed by atoms with Crippen molar-refractivity contribution in [1.29, 1.82) is 0 Å². The van der Waals surface area contributed by atoms with Crippen molar-refractivity contribution < 1.29 is 41.1 Å². The maximum Gasteiger partial charge on any atom is 0.280 e. The molecule has 5 atom stereocenters. The van der Waals surface area contributed by atoms with Gasteiger partial charge >= 0.3 is 0 Å². The molecule has 2 amide bonds. The average molecular weight is 1010 g/mol. The van der Waals surface area contributed by atoms with E-state index in [-0.39, 0.29) is 85.7 Å². The van der Waals surface area contributed by atoms with E-state index >= 15 is 0 Å². The van der Waals surface area contributed by atoms with Crippen molar-refractivity contribution in [2.45, 2.75) is 91.1 Å². The molecule has 2 saturated heterocycles. The largest absolute Gasteiger partial charge is 0.497 e. The molecule has 5 N–H and O–H groups in total. The number of nitrogens with zero attached hydrogens (tertiary/aromatic N) is 6. The molecule has 7 aromatic rings. The van der Waals surface area contributed by atoms with Crippen LogP contribution in [0.25, 0.3) is 22.3 Å². The van der Waals surface area contributed by atoms with Gasteiger partial charge in [-0.3, -0.25) is 48.9 Å². The molecule has 0 saturated carbocycles. The zero-order chi connectivity index (χ0) is 52.4. The predicted octanol–water partition coefficient (Wildman–Crippen LogP) is 7.29. The van der Waals surface area contributed by atoms with Crippen molar-refractivity contribution in [2.75, 3.05) is 44.4 Å². The summed E-state index contributed by atoms with van der Waals surface area (Å²) in [5, 5.41) is 14.4. The molecule has 6 heterocycles. The molecule has 2 aliphatic heterocycles. The van der Waals surface area contributed by atoms with Crippen LogP contribution in [0.2, 0.25) is 0 Å². The van der Waals surface area contributed by atoms with Gasteiger partial charge in [0, 0.05) is 20.9 Å². The molecule has 2 fully saturated rings. The number of amides is 2. The van der Waals surface area contributed by atoms with E-state index in [4.69, 9.17) is 31.5 Å². The van der Waals surface area contributed by atoms with Crippen LogP contribution < -0.4 is 31.2 Å². The van der Waals surface area contributed by atoms with Gasteiger partial charge in [0.1, 0.15) is 29.6 Å². The first-order valence-corrected chi connectivity index (χ1v) is 23.4. The van der Waals surface area contributed by atoms with Crippen molar-refractivity contribution in [1.82, 2.24) is 39.0 Å². The van der Waals surface area contributed by atoms with Crippen LogP contribution in [0.4, 0.5) is 11.9 Å². The highest BCUT2D eigenvalue weighted by atomic mass is 35.5. The van der Waals surface area contributed by atoms with Crippen LogP contribution in [0.1, 0.15) is 92.7 Å². The molecular formula is C51H63ClN10O10. The number of carbonyl (C=O) groups is 2. The molecule has 0 aliphatic carbocycles. The Hall–Kier alpha value is -6.97. The Morgan fingerprint density at radius 2 is 1.18 bits per heavy atom. The van der Waals surface area contributed by atoms with E-state index in [1.165, 1.54) is 6.33 Å². The van der Waals surface area contributed by atoms with Crippen LogP contribution >= 0.6 is 11.6 Å². The Labute approximate surface area is 424 Å². The maximum absolute atomic E-state index is 12.7. The molecule has 2 aliphatic rings. The summed E-state index contributed by atoms with van der Waals surface area (Å²) < 4.78 is 45.6. The van der Waals surface area contributed by atoms with Crippen LogP contribution in [0.3, 0.4) is 0 Å². The number of alkyl halides is 1. The number of imidazole rings is 2. The summed E-state index contributed by atoms with van der Waals surface area (Å²) in [6, 6.07) is 25.9. The highest BCUT2D eigenvalue weighted by Crippen LogP contribution is 2.43. The van der Waals surface area contributed by atoms with E-state index in [9.17, 15) is 19.2 Å². The monoisotopic (exact) mass is 1010 g/mol. The molecular weight excluding hydrogens is 948 g/mol. The lowest BCUT2D eigenvalue weighted by Gasteiger charge is -2.37. The van der Waals surface area contributed by atoms with Gasteiger partial charge in [0.15, 0.2) is 22.3 Å². The van der Waals surface area contributed by atoms with E-state index in [2.05, 4.69) is 64.3 Å². The van der Waals surface area contributed by atoms with Crippen molar-refractivity contribution in [3.8, 4) is 11.5 Å². The molecule has 0 spiro atoms. The first-order chi connectivity index (χ1) is 35.0. The topological polar surface area (TPSA) is 252 Å². The SMILES string of the molecule is C.CC(C)C(=O)Nc1nc2c(ncn2[C@H]2CC[C@@H](CO)O2)c(=O)[nH]1.COc1ccc(C(OC[C@@H]2CC[C@H](n3cnc4c(=O)[nH]c(NC(=O)C(C)C)nc43)O2)(c2ccccc2)c2ccc(OC)cc2)cc1.[2H]C([3H])Cl. The Bertz CT molecular complexity index is 3030. The maximum atomic E-state index is 12.7. The van der Waals surface area contributed by atoms with Crippen molar-refractivity contribution in [3.63, 3.8) is 0 Å². The van der Waals surface area contributed by atoms with Gasteiger partial charge in [-0.05, 0) is 66.6 Å². The van der Waals surface area contributed by atoms with Crippen LogP contribution in [-0.4, -0.2) is 102 Å². The quantitative estimate of drug-likeness (QED) is 0.0500. The number of hydrogen-bond donors (Lipinski definition) is 5. The van der Waals surface area contributed by atoms with Gasteiger partial charge in [0.05, 0.1) is 52.3 Å². The van der Waals surface area contributed by atoms with Gasteiger partial charge < -0.3 is 28.8 Å². The molecule has 9 rings (SSSR count). The van der Waals surface area contributed by atoms with Gasteiger partial charge in [0.2, 0.25) is 23.7 Å². The summed E-state index contributed by atoms with van der Waals surface area (Å²) in [6.45, 7) is 7.25. The Kier molecular flexibility index (Phi) is 17.4. The number of H-pyrrole nitrogens is 2. The second-order valence-electron chi connectivity index (χ2n) is 17.3. The van der Waals surface area contributed by atoms with E-state index in [0.29, 0.717) is 30.6 Å². The van der Waals surface area contributed by atoms with Crippen molar-refractivity contribution in [2.24, 2.45) is 11.8 Å². The summed E-state index contributed by atoms with van der Waals surface area (Å²) >= 11 is 4.61. The van der Waals surface area contributed by atoms with Crippen molar-refractivity contribution >= 4 is 57.6 Å². The molecule has 4 aromatic heterocycles. The van der Waals surface area contributed by atoms with Gasteiger partial charge in [0.25, 0.3) is 11.1 Å². The molecule has 21 heteroatoms. The van der Waals surface area contributed by atoms with E-state index in [1.54, 1.807) is 57.4 Å². The van der Waals surface area contributed by atoms with Crippen LogP contribution in [0.5, 0.6) is 11.5 Å². The zero-order valence-electron chi connectivity index (χ0n) is 42.1. The van der Waals surface area contributed by atoms with E-state index in [1.807, 2.05) is 66.7 Å². The Morgan fingerprint density at radius 3 is 1.58 bits per heavy atom. The smallest absolute Gasteiger partial charge is 0.280 e. The molecule has 3 aromatic carbocycles. The minimum atomic E-state index is -1.19.